The lowest BCUT2D eigenvalue weighted by Gasteiger charge is -2.33. The molecule has 0 heterocycles. The van der Waals surface area contributed by atoms with Gasteiger partial charge in [0.15, 0.2) is 0 Å². The standard InChI is InChI=1S/C11H20O2Si/c1-12-9-7-6-8-10(13-2)11(9)14(3,4)5/h7-8,11H,6H2,1-5H3. The molecule has 0 fully saturated rings. The minimum Gasteiger partial charge on any atom is -0.501 e. The first-order valence-electron chi connectivity index (χ1n) is 4.98. The van der Waals surface area contributed by atoms with Crippen LogP contribution in [0.4, 0.5) is 0 Å². The molecule has 0 spiro atoms. The molecule has 0 aliphatic heterocycles. The summed E-state index contributed by atoms with van der Waals surface area (Å²) in [5, 5.41) is 0. The zero-order chi connectivity index (χ0) is 10.8. The maximum absolute atomic E-state index is 5.44. The molecule has 1 aliphatic carbocycles. The van der Waals surface area contributed by atoms with Crippen molar-refractivity contribution < 1.29 is 9.47 Å². The third kappa shape index (κ3) is 2.21. The summed E-state index contributed by atoms with van der Waals surface area (Å²) in [7, 11) is 2.18. The molecule has 0 aromatic rings. The molecule has 0 unspecified atom stereocenters. The number of allylic oxidation sites excluding steroid dienone is 2. The van der Waals surface area contributed by atoms with E-state index in [1.54, 1.807) is 14.2 Å². The molecule has 1 rings (SSSR count). The molecule has 0 aromatic heterocycles. The SMILES string of the molecule is COC1=CCC=C(OC)C1[Si](C)(C)C. The van der Waals surface area contributed by atoms with E-state index in [1.807, 2.05) is 0 Å². The van der Waals surface area contributed by atoms with Crippen LogP contribution in [0.15, 0.2) is 23.7 Å². The van der Waals surface area contributed by atoms with E-state index < -0.39 is 8.07 Å². The van der Waals surface area contributed by atoms with Gasteiger partial charge in [-0.05, 0) is 18.6 Å². The van der Waals surface area contributed by atoms with Gasteiger partial charge in [0.25, 0.3) is 0 Å². The van der Waals surface area contributed by atoms with Crippen molar-refractivity contribution in [3.8, 4) is 0 Å². The van der Waals surface area contributed by atoms with E-state index in [0.29, 0.717) is 5.54 Å². The monoisotopic (exact) mass is 212 g/mol. The summed E-state index contributed by atoms with van der Waals surface area (Å²) in [6.45, 7) is 7.01. The summed E-state index contributed by atoms with van der Waals surface area (Å²) in [6.07, 6.45) is 5.24. The molecule has 2 nitrogen and oxygen atoms in total. The summed E-state index contributed by atoms with van der Waals surface area (Å²) in [4.78, 5) is 0. The third-order valence-electron chi connectivity index (χ3n) is 2.54. The van der Waals surface area contributed by atoms with Crippen LogP contribution in [0.25, 0.3) is 0 Å². The Morgan fingerprint density at radius 2 is 1.50 bits per heavy atom. The molecule has 0 amide bonds. The fourth-order valence-corrected chi connectivity index (χ4v) is 4.10. The van der Waals surface area contributed by atoms with Crippen LogP contribution >= 0.6 is 0 Å². The van der Waals surface area contributed by atoms with Crippen molar-refractivity contribution in [2.45, 2.75) is 31.6 Å². The molecular formula is C11H20O2Si. The highest BCUT2D eigenvalue weighted by Gasteiger charge is 2.36. The molecule has 3 heteroatoms. The molecule has 14 heavy (non-hydrogen) atoms. The van der Waals surface area contributed by atoms with Crippen LogP contribution in [0.5, 0.6) is 0 Å². The zero-order valence-electron chi connectivity index (χ0n) is 9.76. The van der Waals surface area contributed by atoms with Gasteiger partial charge in [0, 0.05) is 0 Å². The molecule has 0 radical (unpaired) electrons. The summed E-state index contributed by atoms with van der Waals surface area (Å²) < 4.78 is 10.9. The Kier molecular flexibility index (Phi) is 3.42. The Morgan fingerprint density at radius 3 is 1.79 bits per heavy atom. The van der Waals surface area contributed by atoms with E-state index in [1.165, 1.54) is 0 Å². The van der Waals surface area contributed by atoms with Crippen molar-refractivity contribution >= 4 is 8.07 Å². The number of hydrogen-bond acceptors (Lipinski definition) is 2. The molecule has 0 saturated heterocycles. The van der Waals surface area contributed by atoms with E-state index in [-0.39, 0.29) is 0 Å². The van der Waals surface area contributed by atoms with Crippen molar-refractivity contribution in [3.63, 3.8) is 0 Å². The maximum atomic E-state index is 5.44. The lowest BCUT2D eigenvalue weighted by molar-refractivity contribution is 0.231. The summed E-state index contributed by atoms with van der Waals surface area (Å²) in [6, 6.07) is 0. The molecule has 0 saturated carbocycles. The van der Waals surface area contributed by atoms with Gasteiger partial charge in [-0.3, -0.25) is 0 Å². The van der Waals surface area contributed by atoms with Crippen molar-refractivity contribution in [3.05, 3.63) is 23.7 Å². The first-order chi connectivity index (χ1) is 6.50. The smallest absolute Gasteiger partial charge is 0.0997 e. The van der Waals surface area contributed by atoms with Crippen LogP contribution in [-0.4, -0.2) is 22.3 Å². The van der Waals surface area contributed by atoms with Gasteiger partial charge in [-0.15, -0.1) is 0 Å². The van der Waals surface area contributed by atoms with Crippen LogP contribution < -0.4 is 0 Å². The number of ether oxygens (including phenoxy) is 2. The first-order valence-corrected chi connectivity index (χ1v) is 8.56. The van der Waals surface area contributed by atoms with Crippen molar-refractivity contribution in [1.29, 1.82) is 0 Å². The molecule has 0 aromatic carbocycles. The zero-order valence-corrected chi connectivity index (χ0v) is 10.8. The van der Waals surface area contributed by atoms with Crippen molar-refractivity contribution in [2.24, 2.45) is 0 Å². The molecule has 0 N–H and O–H groups in total. The average molecular weight is 212 g/mol. The summed E-state index contributed by atoms with van der Waals surface area (Å²) in [5.74, 6) is 2.17. The van der Waals surface area contributed by atoms with E-state index >= 15 is 0 Å². The lowest BCUT2D eigenvalue weighted by atomic mass is 10.1. The second-order valence-electron chi connectivity index (χ2n) is 4.66. The lowest BCUT2D eigenvalue weighted by Crippen LogP contribution is -2.32. The Hall–Kier alpha value is -0.703. The maximum Gasteiger partial charge on any atom is 0.0997 e. The minimum absolute atomic E-state index is 0.381. The molecule has 1 aliphatic rings. The van der Waals surface area contributed by atoms with Crippen LogP contribution in [0.1, 0.15) is 6.42 Å². The topological polar surface area (TPSA) is 18.5 Å². The summed E-state index contributed by atoms with van der Waals surface area (Å²) >= 11 is 0. The van der Waals surface area contributed by atoms with E-state index in [0.717, 1.165) is 17.9 Å². The number of methoxy groups -OCH3 is 2. The second-order valence-corrected chi connectivity index (χ2v) is 9.97. The van der Waals surface area contributed by atoms with Gasteiger partial charge in [0.05, 0.1) is 39.4 Å². The molecule has 80 valence electrons. The van der Waals surface area contributed by atoms with Gasteiger partial charge in [-0.25, -0.2) is 0 Å². The predicted molar refractivity (Wildman–Crippen MR) is 61.9 cm³/mol. The highest BCUT2D eigenvalue weighted by molar-refractivity contribution is 6.78. The fourth-order valence-electron chi connectivity index (χ4n) is 1.92. The van der Waals surface area contributed by atoms with Gasteiger partial charge >= 0.3 is 0 Å². The van der Waals surface area contributed by atoms with E-state index in [2.05, 4.69) is 31.8 Å². The van der Waals surface area contributed by atoms with Crippen molar-refractivity contribution in [2.75, 3.05) is 14.2 Å². The van der Waals surface area contributed by atoms with Crippen LogP contribution in [0.2, 0.25) is 25.2 Å². The molecular weight excluding hydrogens is 192 g/mol. The van der Waals surface area contributed by atoms with Crippen LogP contribution in [0.3, 0.4) is 0 Å². The van der Waals surface area contributed by atoms with Crippen LogP contribution in [0, 0.1) is 0 Å². The highest BCUT2D eigenvalue weighted by Crippen LogP contribution is 2.40. The normalized spacial score (nSPS) is 18.6. The number of hydrogen-bond donors (Lipinski definition) is 0. The Morgan fingerprint density at radius 1 is 1.07 bits per heavy atom. The van der Waals surface area contributed by atoms with Gasteiger partial charge in [0.1, 0.15) is 0 Å². The molecule has 0 bridgehead atoms. The quantitative estimate of drug-likeness (QED) is 0.669. The van der Waals surface area contributed by atoms with E-state index in [9.17, 15) is 0 Å². The van der Waals surface area contributed by atoms with E-state index in [4.69, 9.17) is 9.47 Å². The number of rotatable bonds is 3. The Labute approximate surface area is 87.6 Å². The van der Waals surface area contributed by atoms with Crippen LogP contribution in [-0.2, 0) is 9.47 Å². The molecule has 0 atom stereocenters. The summed E-state index contributed by atoms with van der Waals surface area (Å²) in [5.41, 5.74) is 0.381. The largest absolute Gasteiger partial charge is 0.501 e. The van der Waals surface area contributed by atoms with Gasteiger partial charge in [-0.1, -0.05) is 19.6 Å². The van der Waals surface area contributed by atoms with Gasteiger partial charge in [0.2, 0.25) is 0 Å². The van der Waals surface area contributed by atoms with Crippen molar-refractivity contribution in [1.82, 2.24) is 0 Å². The Bertz CT molecular complexity index is 241. The van der Waals surface area contributed by atoms with Gasteiger partial charge in [-0.2, -0.15) is 0 Å². The van der Waals surface area contributed by atoms with Gasteiger partial charge < -0.3 is 9.47 Å². The first kappa shape index (κ1) is 11.4. The third-order valence-corrected chi connectivity index (χ3v) is 4.85. The average Bonchev–Trinajstić information content (AvgIpc) is 2.15. The second kappa shape index (κ2) is 4.21. The minimum atomic E-state index is -1.31. The highest BCUT2D eigenvalue weighted by atomic mass is 28.3. The Balaban J connectivity index is 2.98. The predicted octanol–water partition coefficient (Wildman–Crippen LogP) is 3.16. The fraction of sp³-hybridized carbons (Fsp3) is 0.636.